The van der Waals surface area contributed by atoms with Crippen molar-refractivity contribution < 1.29 is 9.50 Å². The van der Waals surface area contributed by atoms with Gasteiger partial charge >= 0.3 is 5.69 Å². The monoisotopic (exact) mass is 339 g/mol. The maximum absolute atomic E-state index is 14.0. The number of hydrogen-bond donors (Lipinski definition) is 2. The molecule has 0 radical (unpaired) electrons. The molecule has 1 aromatic heterocycles. The van der Waals surface area contributed by atoms with Crippen LogP contribution in [-0.2, 0) is 0 Å². The van der Waals surface area contributed by atoms with Crippen molar-refractivity contribution in [2.75, 3.05) is 0 Å². The van der Waals surface area contributed by atoms with Crippen molar-refractivity contribution in [1.82, 2.24) is 9.55 Å². The van der Waals surface area contributed by atoms with Crippen LogP contribution in [0.3, 0.4) is 0 Å². The number of aromatic nitrogens is 2. The third-order valence-electron chi connectivity index (χ3n) is 3.56. The van der Waals surface area contributed by atoms with Crippen molar-refractivity contribution in [3.63, 3.8) is 0 Å². The molecule has 3 rings (SSSR count). The van der Waals surface area contributed by atoms with Crippen molar-refractivity contribution in [3.8, 4) is 11.6 Å². The summed E-state index contributed by atoms with van der Waals surface area (Å²) in [6, 6.07) is 12.6. The Morgan fingerprint density at radius 3 is 2.64 bits per heavy atom. The van der Waals surface area contributed by atoms with E-state index in [9.17, 15) is 19.1 Å². The smallest absolute Gasteiger partial charge is 0.335 e. The van der Waals surface area contributed by atoms with Crippen LogP contribution in [-0.4, -0.2) is 20.9 Å². The summed E-state index contributed by atoms with van der Waals surface area (Å²) in [4.78, 5) is 30.2. The van der Waals surface area contributed by atoms with Gasteiger partial charge in [0.1, 0.15) is 11.4 Å². The molecule has 2 N–H and O–H groups in total. The van der Waals surface area contributed by atoms with Gasteiger partial charge in [-0.05, 0) is 36.8 Å². The molecule has 2 aromatic carbocycles. The molecule has 6 nitrogen and oxygen atoms in total. The predicted molar refractivity (Wildman–Crippen MR) is 92.7 cm³/mol. The van der Waals surface area contributed by atoms with Gasteiger partial charge < -0.3 is 5.11 Å². The molecule has 126 valence electrons. The molecule has 0 saturated heterocycles. The lowest BCUT2D eigenvalue weighted by atomic mass is 10.2. The number of aliphatic imine (C=N–C) groups is 1. The topological polar surface area (TPSA) is 87.4 Å². The van der Waals surface area contributed by atoms with Crippen molar-refractivity contribution in [2.24, 2.45) is 4.99 Å². The first-order chi connectivity index (χ1) is 12.0. The van der Waals surface area contributed by atoms with E-state index in [1.807, 2.05) is 13.0 Å². The Balaban J connectivity index is 2.16. The van der Waals surface area contributed by atoms with Crippen LogP contribution in [0.5, 0.6) is 5.88 Å². The number of para-hydroxylation sites is 1. The minimum absolute atomic E-state index is 0.175. The molecule has 0 fully saturated rings. The fraction of sp³-hybridized carbons (Fsp3) is 0.0556. The number of nitrogens with zero attached hydrogens (tertiary/aromatic N) is 2. The number of hydrogen-bond acceptors (Lipinski definition) is 4. The quantitative estimate of drug-likeness (QED) is 0.719. The molecular formula is C18H14FN3O3. The van der Waals surface area contributed by atoms with E-state index in [1.54, 1.807) is 18.2 Å². The molecule has 7 heteroatoms. The van der Waals surface area contributed by atoms with Gasteiger partial charge in [-0.25, -0.2) is 13.8 Å². The molecule has 0 saturated carbocycles. The number of halogens is 1. The molecule has 0 unspecified atom stereocenters. The lowest BCUT2D eigenvalue weighted by Gasteiger charge is -2.10. The van der Waals surface area contributed by atoms with Crippen molar-refractivity contribution in [1.29, 1.82) is 0 Å². The first-order valence-corrected chi connectivity index (χ1v) is 7.41. The summed E-state index contributed by atoms with van der Waals surface area (Å²) in [6.07, 6.45) is 1.14. The van der Waals surface area contributed by atoms with Gasteiger partial charge in [-0.1, -0.05) is 24.3 Å². The Hall–Kier alpha value is -3.48. The number of aromatic amines is 1. The Kier molecular flexibility index (Phi) is 4.30. The second kappa shape index (κ2) is 6.56. The van der Waals surface area contributed by atoms with E-state index >= 15 is 0 Å². The zero-order valence-corrected chi connectivity index (χ0v) is 13.2. The van der Waals surface area contributed by atoms with Crippen LogP contribution in [0.4, 0.5) is 10.1 Å². The second-order valence-corrected chi connectivity index (χ2v) is 5.38. The number of nitrogens with one attached hydrogen (secondary N) is 1. The van der Waals surface area contributed by atoms with Gasteiger partial charge in [-0.2, -0.15) is 0 Å². The minimum Gasteiger partial charge on any atom is -0.493 e. The van der Waals surface area contributed by atoms with Gasteiger partial charge in [0.25, 0.3) is 5.56 Å². The highest BCUT2D eigenvalue weighted by Gasteiger charge is 2.16. The van der Waals surface area contributed by atoms with Gasteiger partial charge in [-0.15, -0.1) is 0 Å². The van der Waals surface area contributed by atoms with Gasteiger partial charge in [0.05, 0.1) is 11.4 Å². The SMILES string of the molecule is Cc1cccc(N=Cc2c(O)n(-c3ccccc3F)c(=O)[nH]c2=O)c1. The number of rotatable bonds is 3. The minimum atomic E-state index is -0.944. The van der Waals surface area contributed by atoms with E-state index in [4.69, 9.17) is 0 Å². The lowest BCUT2D eigenvalue weighted by molar-refractivity contribution is 0.427. The van der Waals surface area contributed by atoms with E-state index in [1.165, 1.54) is 18.2 Å². The molecule has 0 spiro atoms. The standard InChI is InChI=1S/C18H14FN3O3/c1-11-5-4-6-12(9-11)20-10-13-16(23)21-18(25)22(17(13)24)15-8-3-2-7-14(15)19/h2-10,24H,1H3,(H,21,23,25). The van der Waals surface area contributed by atoms with E-state index in [0.29, 0.717) is 10.3 Å². The Bertz CT molecular complexity index is 1080. The van der Waals surface area contributed by atoms with Gasteiger partial charge in [-0.3, -0.25) is 14.8 Å². The molecule has 0 aliphatic heterocycles. The summed E-state index contributed by atoms with van der Waals surface area (Å²) in [7, 11) is 0. The predicted octanol–water partition coefficient (Wildman–Crippen LogP) is 2.43. The summed E-state index contributed by atoms with van der Waals surface area (Å²) in [5.41, 5.74) is -0.630. The average Bonchev–Trinajstić information content (AvgIpc) is 2.56. The summed E-state index contributed by atoms with van der Waals surface area (Å²) < 4.78 is 14.7. The Morgan fingerprint density at radius 2 is 1.92 bits per heavy atom. The molecule has 3 aromatic rings. The highest BCUT2D eigenvalue weighted by Crippen LogP contribution is 2.19. The fourth-order valence-electron chi connectivity index (χ4n) is 2.36. The highest BCUT2D eigenvalue weighted by atomic mass is 19.1. The van der Waals surface area contributed by atoms with Crippen molar-refractivity contribution in [3.05, 3.63) is 86.3 Å². The van der Waals surface area contributed by atoms with Crippen LogP contribution < -0.4 is 11.2 Å². The summed E-state index contributed by atoms with van der Waals surface area (Å²) in [5.74, 6) is -1.40. The zero-order valence-electron chi connectivity index (χ0n) is 13.2. The zero-order chi connectivity index (χ0) is 18.0. The number of aryl methyl sites for hydroxylation is 1. The molecule has 0 aliphatic rings. The summed E-state index contributed by atoms with van der Waals surface area (Å²) in [5, 5.41) is 10.3. The fourth-order valence-corrected chi connectivity index (χ4v) is 2.36. The van der Waals surface area contributed by atoms with Gasteiger partial charge in [0, 0.05) is 6.21 Å². The molecular weight excluding hydrogens is 325 g/mol. The summed E-state index contributed by atoms with van der Waals surface area (Å²) >= 11 is 0. The largest absolute Gasteiger partial charge is 0.493 e. The first-order valence-electron chi connectivity index (χ1n) is 7.41. The van der Waals surface area contributed by atoms with Crippen LogP contribution >= 0.6 is 0 Å². The average molecular weight is 339 g/mol. The second-order valence-electron chi connectivity index (χ2n) is 5.38. The number of H-pyrrole nitrogens is 1. The summed E-state index contributed by atoms with van der Waals surface area (Å²) in [6.45, 7) is 1.89. The van der Waals surface area contributed by atoms with Crippen LogP contribution in [0.1, 0.15) is 11.1 Å². The van der Waals surface area contributed by atoms with E-state index in [-0.39, 0.29) is 11.3 Å². The van der Waals surface area contributed by atoms with Crippen LogP contribution in [0.25, 0.3) is 5.69 Å². The Labute approximate surface area is 141 Å². The lowest BCUT2D eigenvalue weighted by Crippen LogP contribution is -2.31. The van der Waals surface area contributed by atoms with E-state index in [2.05, 4.69) is 9.98 Å². The molecule has 0 amide bonds. The number of aromatic hydroxyl groups is 1. The van der Waals surface area contributed by atoms with E-state index < -0.39 is 22.9 Å². The third-order valence-corrected chi connectivity index (χ3v) is 3.56. The van der Waals surface area contributed by atoms with Gasteiger partial charge in [0.2, 0.25) is 5.88 Å². The third kappa shape index (κ3) is 3.25. The van der Waals surface area contributed by atoms with E-state index in [0.717, 1.165) is 17.8 Å². The molecule has 0 bridgehead atoms. The molecule has 25 heavy (non-hydrogen) atoms. The van der Waals surface area contributed by atoms with Crippen molar-refractivity contribution >= 4 is 11.9 Å². The molecule has 0 atom stereocenters. The maximum Gasteiger partial charge on any atom is 0.335 e. The molecule has 0 aliphatic carbocycles. The van der Waals surface area contributed by atoms with Crippen LogP contribution in [0, 0.1) is 12.7 Å². The first kappa shape index (κ1) is 16.4. The Morgan fingerprint density at radius 1 is 1.16 bits per heavy atom. The highest BCUT2D eigenvalue weighted by molar-refractivity contribution is 5.84. The normalized spacial score (nSPS) is 11.1. The van der Waals surface area contributed by atoms with Crippen LogP contribution in [0.15, 0.2) is 63.1 Å². The molecule has 1 heterocycles. The number of benzene rings is 2. The van der Waals surface area contributed by atoms with Crippen LogP contribution in [0.2, 0.25) is 0 Å². The maximum atomic E-state index is 14.0. The van der Waals surface area contributed by atoms with Gasteiger partial charge in [0.15, 0.2) is 0 Å². The van der Waals surface area contributed by atoms with Crippen molar-refractivity contribution in [2.45, 2.75) is 6.92 Å².